The molecule has 22 heavy (non-hydrogen) atoms. The molecule has 0 radical (unpaired) electrons. The highest BCUT2D eigenvalue weighted by Gasteiger charge is 2.31. The first kappa shape index (κ1) is 19.8. The molecule has 8 heteroatoms. The van der Waals surface area contributed by atoms with E-state index < -0.39 is 11.9 Å². The number of carbonyl (C=O) groups is 2. The predicted molar refractivity (Wildman–Crippen MR) is 77.9 cm³/mol. The van der Waals surface area contributed by atoms with Gasteiger partial charge in [0.15, 0.2) is 0 Å². The molecule has 0 bridgehead atoms. The van der Waals surface area contributed by atoms with Crippen molar-refractivity contribution >= 4 is 11.9 Å². The zero-order valence-corrected chi connectivity index (χ0v) is 12.2. The van der Waals surface area contributed by atoms with Gasteiger partial charge >= 0.3 is 11.9 Å². The number of nitrogens with zero attached hydrogens (tertiary/aromatic N) is 1. The predicted octanol–water partition coefficient (Wildman–Crippen LogP) is -0.539. The number of likely N-dealkylation sites (N-methyl/N-ethyl adjacent to an activating group) is 1. The number of aliphatic carboxylic acids is 2. The van der Waals surface area contributed by atoms with E-state index in [0.717, 1.165) is 18.8 Å². The summed E-state index contributed by atoms with van der Waals surface area (Å²) in [5.74, 6) is -2.82. The topological polar surface area (TPSA) is 139 Å². The number of hydrogen-bond donors (Lipinski definition) is 3. The molecule has 1 aromatic rings. The molecular formula is C14H21NO7. The minimum Gasteiger partial charge on any atom is -0.486 e. The average Bonchev–Trinajstić information content (AvgIpc) is 2.81. The standard InChI is InChI=1S/C12H17NO2.C2H2O4.H2O/c1-2-13-8-11(14)12(9-13)15-10-6-4-3-5-7-10;3-1(4)2(5)6;/h3-7,11-12,14H,2,8-9H2,1H3;(H,3,4)(H,5,6);1H2/t11-,12-;;/m0../s1. The lowest BCUT2D eigenvalue weighted by atomic mass is 10.2. The number of carboxylic acids is 2. The minimum absolute atomic E-state index is 0. The SMILES string of the molecule is CCN1C[C@H](Oc2ccccc2)[C@@H](O)C1.O.O=C(O)C(=O)O. The van der Waals surface area contributed by atoms with Gasteiger partial charge in [-0.3, -0.25) is 4.90 Å². The molecule has 2 atom stereocenters. The van der Waals surface area contributed by atoms with E-state index in [1.165, 1.54) is 0 Å². The zero-order chi connectivity index (χ0) is 15.8. The molecule has 1 aliphatic heterocycles. The summed E-state index contributed by atoms with van der Waals surface area (Å²) in [4.78, 5) is 20.4. The molecule has 0 aliphatic carbocycles. The second-order valence-electron chi connectivity index (χ2n) is 4.50. The van der Waals surface area contributed by atoms with E-state index in [4.69, 9.17) is 24.5 Å². The molecule has 0 spiro atoms. The van der Waals surface area contributed by atoms with Gasteiger partial charge in [-0.2, -0.15) is 0 Å². The Morgan fingerprint density at radius 2 is 1.73 bits per heavy atom. The third-order valence-electron chi connectivity index (χ3n) is 2.97. The zero-order valence-electron chi connectivity index (χ0n) is 12.2. The third kappa shape index (κ3) is 6.53. The van der Waals surface area contributed by atoms with Crippen LogP contribution in [0.3, 0.4) is 0 Å². The Morgan fingerprint density at radius 3 is 2.14 bits per heavy atom. The highest BCUT2D eigenvalue weighted by molar-refractivity contribution is 6.27. The molecule has 0 saturated carbocycles. The summed E-state index contributed by atoms with van der Waals surface area (Å²) in [5.41, 5.74) is 0. The Kier molecular flexibility index (Phi) is 8.76. The summed E-state index contributed by atoms with van der Waals surface area (Å²) in [6.45, 7) is 4.59. The Morgan fingerprint density at radius 1 is 1.18 bits per heavy atom. The molecule has 1 saturated heterocycles. The van der Waals surface area contributed by atoms with Crippen molar-refractivity contribution in [3.63, 3.8) is 0 Å². The normalized spacial score (nSPS) is 20.3. The number of ether oxygens (including phenoxy) is 1. The lowest BCUT2D eigenvalue weighted by Gasteiger charge is -2.16. The van der Waals surface area contributed by atoms with Crippen LogP contribution in [0.1, 0.15) is 6.92 Å². The van der Waals surface area contributed by atoms with Crippen LogP contribution in [-0.4, -0.2) is 69.5 Å². The van der Waals surface area contributed by atoms with Gasteiger partial charge in [0.1, 0.15) is 18.0 Å². The van der Waals surface area contributed by atoms with Crippen LogP contribution in [0.25, 0.3) is 0 Å². The Labute approximate surface area is 127 Å². The molecule has 1 fully saturated rings. The van der Waals surface area contributed by atoms with Gasteiger partial charge in [0, 0.05) is 13.1 Å². The average molecular weight is 315 g/mol. The summed E-state index contributed by atoms with van der Waals surface area (Å²) < 4.78 is 5.73. The van der Waals surface area contributed by atoms with Crippen LogP contribution in [0.4, 0.5) is 0 Å². The fourth-order valence-electron chi connectivity index (χ4n) is 1.88. The van der Waals surface area contributed by atoms with Crippen LogP contribution < -0.4 is 4.74 Å². The number of β-amino-alcohol motifs (C(OH)–C–C–N with tert-alkyl or cyclic N) is 1. The highest BCUT2D eigenvalue weighted by Crippen LogP contribution is 2.17. The van der Waals surface area contributed by atoms with Gasteiger partial charge in [-0.25, -0.2) is 9.59 Å². The monoisotopic (exact) mass is 315 g/mol. The van der Waals surface area contributed by atoms with Crippen molar-refractivity contribution in [2.45, 2.75) is 19.1 Å². The number of aliphatic hydroxyl groups excluding tert-OH is 1. The Bertz CT molecular complexity index is 454. The van der Waals surface area contributed by atoms with Gasteiger partial charge < -0.3 is 25.5 Å². The van der Waals surface area contributed by atoms with Crippen molar-refractivity contribution in [3.05, 3.63) is 30.3 Å². The van der Waals surface area contributed by atoms with E-state index in [-0.39, 0.29) is 17.7 Å². The molecule has 2 rings (SSSR count). The van der Waals surface area contributed by atoms with Crippen molar-refractivity contribution in [1.82, 2.24) is 4.90 Å². The minimum atomic E-state index is -1.82. The van der Waals surface area contributed by atoms with Crippen LogP contribution in [0, 0.1) is 0 Å². The highest BCUT2D eigenvalue weighted by atomic mass is 16.5. The molecule has 1 heterocycles. The van der Waals surface area contributed by atoms with E-state index >= 15 is 0 Å². The van der Waals surface area contributed by atoms with Gasteiger partial charge in [0.2, 0.25) is 0 Å². The number of likely N-dealkylation sites (tertiary alicyclic amines) is 1. The van der Waals surface area contributed by atoms with E-state index in [2.05, 4.69) is 11.8 Å². The third-order valence-corrected chi connectivity index (χ3v) is 2.97. The van der Waals surface area contributed by atoms with E-state index in [1.807, 2.05) is 30.3 Å². The van der Waals surface area contributed by atoms with Gasteiger partial charge in [-0.1, -0.05) is 25.1 Å². The lowest BCUT2D eigenvalue weighted by molar-refractivity contribution is -0.159. The summed E-state index contributed by atoms with van der Waals surface area (Å²) in [6.07, 6.45) is -0.461. The number of hydrogen-bond acceptors (Lipinski definition) is 5. The molecule has 0 amide bonds. The summed E-state index contributed by atoms with van der Waals surface area (Å²) in [7, 11) is 0. The van der Waals surface area contributed by atoms with Crippen LogP contribution in [-0.2, 0) is 9.59 Å². The van der Waals surface area contributed by atoms with Crippen molar-refractivity contribution in [3.8, 4) is 5.75 Å². The first-order chi connectivity index (χ1) is 9.93. The van der Waals surface area contributed by atoms with Gasteiger partial charge in [-0.15, -0.1) is 0 Å². The molecule has 124 valence electrons. The van der Waals surface area contributed by atoms with E-state index in [1.54, 1.807) is 0 Å². The molecular weight excluding hydrogens is 294 g/mol. The molecule has 8 nitrogen and oxygen atoms in total. The summed E-state index contributed by atoms with van der Waals surface area (Å²) in [6, 6.07) is 9.67. The second-order valence-corrected chi connectivity index (χ2v) is 4.50. The van der Waals surface area contributed by atoms with Crippen LogP contribution in [0.15, 0.2) is 30.3 Å². The quantitative estimate of drug-likeness (QED) is 0.637. The first-order valence-electron chi connectivity index (χ1n) is 6.52. The summed E-state index contributed by atoms with van der Waals surface area (Å²) >= 11 is 0. The van der Waals surface area contributed by atoms with Crippen molar-refractivity contribution in [2.75, 3.05) is 19.6 Å². The maximum Gasteiger partial charge on any atom is 0.414 e. The molecule has 0 unspecified atom stereocenters. The number of rotatable bonds is 3. The van der Waals surface area contributed by atoms with Gasteiger partial charge in [0.25, 0.3) is 0 Å². The summed E-state index contributed by atoms with van der Waals surface area (Å²) in [5, 5.41) is 24.6. The number of benzene rings is 1. The number of carboxylic acid groups (broad SMARTS) is 2. The molecule has 1 aromatic carbocycles. The van der Waals surface area contributed by atoms with E-state index in [0.29, 0.717) is 6.54 Å². The van der Waals surface area contributed by atoms with Crippen LogP contribution >= 0.6 is 0 Å². The molecule has 5 N–H and O–H groups in total. The Balaban J connectivity index is 0.000000546. The van der Waals surface area contributed by atoms with E-state index in [9.17, 15) is 5.11 Å². The molecule has 1 aliphatic rings. The fraction of sp³-hybridized carbons (Fsp3) is 0.429. The first-order valence-corrected chi connectivity index (χ1v) is 6.52. The lowest BCUT2D eigenvalue weighted by Crippen LogP contribution is -2.29. The van der Waals surface area contributed by atoms with Crippen LogP contribution in [0.5, 0.6) is 5.75 Å². The maximum absolute atomic E-state index is 9.79. The largest absolute Gasteiger partial charge is 0.486 e. The van der Waals surface area contributed by atoms with Crippen molar-refractivity contribution in [2.24, 2.45) is 0 Å². The smallest absolute Gasteiger partial charge is 0.414 e. The maximum atomic E-state index is 9.79. The van der Waals surface area contributed by atoms with Gasteiger partial charge in [0.05, 0.1) is 0 Å². The fourth-order valence-corrected chi connectivity index (χ4v) is 1.88. The Hall–Kier alpha value is -2.16. The van der Waals surface area contributed by atoms with Crippen molar-refractivity contribution < 1.29 is 35.1 Å². The molecule has 0 aromatic heterocycles. The second kappa shape index (κ2) is 9.72. The van der Waals surface area contributed by atoms with Crippen LogP contribution in [0.2, 0.25) is 0 Å². The number of para-hydroxylation sites is 1. The van der Waals surface area contributed by atoms with Gasteiger partial charge in [-0.05, 0) is 18.7 Å². The van der Waals surface area contributed by atoms with Crippen molar-refractivity contribution in [1.29, 1.82) is 0 Å². The number of aliphatic hydroxyl groups is 1.